The van der Waals surface area contributed by atoms with Crippen molar-refractivity contribution in [2.24, 2.45) is 0 Å². The van der Waals surface area contributed by atoms with E-state index in [9.17, 15) is 4.79 Å². The van der Waals surface area contributed by atoms with Crippen LogP contribution in [-0.4, -0.2) is 30.6 Å². The molecule has 7 nitrogen and oxygen atoms in total. The van der Waals surface area contributed by atoms with Crippen LogP contribution >= 0.6 is 0 Å². The zero-order valence-corrected chi connectivity index (χ0v) is 13.8. The lowest BCUT2D eigenvalue weighted by Gasteiger charge is -2.08. The smallest absolute Gasteiger partial charge is 0.255 e. The van der Waals surface area contributed by atoms with Crippen LogP contribution in [0.2, 0.25) is 0 Å². The van der Waals surface area contributed by atoms with Gasteiger partial charge in [0.1, 0.15) is 6.33 Å². The topological polar surface area (TPSA) is 88.5 Å². The van der Waals surface area contributed by atoms with Crippen molar-refractivity contribution in [1.29, 1.82) is 0 Å². The molecule has 0 aliphatic carbocycles. The van der Waals surface area contributed by atoms with Gasteiger partial charge in [0, 0.05) is 35.8 Å². The van der Waals surface area contributed by atoms with Crippen molar-refractivity contribution in [3.05, 3.63) is 84.7 Å². The Balaban J connectivity index is 1.51. The summed E-state index contributed by atoms with van der Waals surface area (Å²) in [7, 11) is 0. The number of anilines is 1. The summed E-state index contributed by atoms with van der Waals surface area (Å²) >= 11 is 0. The molecular formula is C19H16N6O. The van der Waals surface area contributed by atoms with E-state index < -0.39 is 0 Å². The van der Waals surface area contributed by atoms with E-state index in [0.717, 1.165) is 11.1 Å². The molecule has 2 heterocycles. The number of hydrogen-bond donors (Lipinski definition) is 2. The predicted molar refractivity (Wildman–Crippen MR) is 97.5 cm³/mol. The molecule has 0 unspecified atom stereocenters. The first-order chi connectivity index (χ1) is 12.8. The van der Waals surface area contributed by atoms with Crippen molar-refractivity contribution in [1.82, 2.24) is 24.7 Å². The number of carbonyl (C=O) groups is 1. The van der Waals surface area contributed by atoms with Gasteiger partial charge < -0.3 is 9.88 Å². The molecule has 0 saturated heterocycles. The van der Waals surface area contributed by atoms with E-state index in [1.807, 2.05) is 53.2 Å². The number of aromatic nitrogens is 5. The minimum Gasteiger partial charge on any atom is -0.333 e. The van der Waals surface area contributed by atoms with Gasteiger partial charge in [0.05, 0.1) is 6.33 Å². The zero-order valence-electron chi connectivity index (χ0n) is 13.8. The van der Waals surface area contributed by atoms with Gasteiger partial charge >= 0.3 is 0 Å². The molecule has 4 aromatic rings. The maximum absolute atomic E-state index is 12.6. The number of amides is 1. The van der Waals surface area contributed by atoms with Crippen molar-refractivity contribution >= 4 is 11.6 Å². The highest BCUT2D eigenvalue weighted by Crippen LogP contribution is 2.19. The second kappa shape index (κ2) is 7.02. The van der Waals surface area contributed by atoms with Crippen LogP contribution in [0.5, 0.6) is 0 Å². The maximum Gasteiger partial charge on any atom is 0.255 e. The summed E-state index contributed by atoms with van der Waals surface area (Å²) in [5, 5.41) is 9.59. The minimum atomic E-state index is -0.160. The Morgan fingerprint density at radius 1 is 1.15 bits per heavy atom. The van der Waals surface area contributed by atoms with Crippen molar-refractivity contribution in [3.63, 3.8) is 0 Å². The molecule has 0 atom stereocenters. The number of rotatable bonds is 5. The fourth-order valence-corrected chi connectivity index (χ4v) is 2.69. The van der Waals surface area contributed by atoms with Gasteiger partial charge in [0.2, 0.25) is 0 Å². The Morgan fingerprint density at radius 3 is 2.88 bits per heavy atom. The van der Waals surface area contributed by atoms with Gasteiger partial charge in [-0.15, -0.1) is 0 Å². The Bertz CT molecular complexity index is 1010. The van der Waals surface area contributed by atoms with E-state index in [2.05, 4.69) is 25.5 Å². The predicted octanol–water partition coefficient (Wildman–Crippen LogP) is 2.97. The molecule has 2 N–H and O–H groups in total. The highest BCUT2D eigenvalue weighted by atomic mass is 16.1. The highest BCUT2D eigenvalue weighted by molar-refractivity contribution is 6.04. The molecule has 1 amide bonds. The number of benzene rings is 2. The number of H-pyrrole nitrogens is 1. The molecule has 0 aliphatic rings. The van der Waals surface area contributed by atoms with Crippen molar-refractivity contribution in [2.75, 3.05) is 5.32 Å². The summed E-state index contributed by atoms with van der Waals surface area (Å²) in [6, 6.07) is 15.0. The fourth-order valence-electron chi connectivity index (χ4n) is 2.69. The van der Waals surface area contributed by atoms with Gasteiger partial charge in [0.15, 0.2) is 5.82 Å². The number of hydrogen-bond acceptors (Lipinski definition) is 4. The second-order valence-electron chi connectivity index (χ2n) is 5.80. The average Bonchev–Trinajstić information content (AvgIpc) is 3.36. The lowest BCUT2D eigenvalue weighted by molar-refractivity contribution is 0.102. The SMILES string of the molecule is O=C(Nc1cccc(-c2ncn[nH]2)c1)c1cccc(Cn2ccnc2)c1. The summed E-state index contributed by atoms with van der Waals surface area (Å²) in [6.45, 7) is 0.669. The van der Waals surface area contributed by atoms with E-state index in [1.165, 1.54) is 6.33 Å². The van der Waals surface area contributed by atoms with Crippen LogP contribution in [0, 0.1) is 0 Å². The van der Waals surface area contributed by atoms with Crippen LogP contribution in [-0.2, 0) is 6.54 Å². The van der Waals surface area contributed by atoms with Crippen LogP contribution in [0.25, 0.3) is 11.4 Å². The van der Waals surface area contributed by atoms with Gasteiger partial charge in [-0.1, -0.05) is 24.3 Å². The first-order valence-electron chi connectivity index (χ1n) is 8.10. The van der Waals surface area contributed by atoms with Crippen LogP contribution in [0.4, 0.5) is 5.69 Å². The van der Waals surface area contributed by atoms with E-state index in [1.54, 1.807) is 18.6 Å². The quantitative estimate of drug-likeness (QED) is 0.582. The molecule has 0 spiro atoms. The summed E-state index contributed by atoms with van der Waals surface area (Å²) in [5.74, 6) is 0.496. The van der Waals surface area contributed by atoms with E-state index >= 15 is 0 Å². The molecule has 0 saturated carbocycles. The van der Waals surface area contributed by atoms with Crippen LogP contribution in [0.1, 0.15) is 15.9 Å². The molecule has 2 aromatic heterocycles. The summed E-state index contributed by atoms with van der Waals surface area (Å²) < 4.78 is 1.96. The van der Waals surface area contributed by atoms with Gasteiger partial charge in [-0.25, -0.2) is 9.97 Å². The lowest BCUT2D eigenvalue weighted by atomic mass is 10.1. The van der Waals surface area contributed by atoms with Gasteiger partial charge in [-0.3, -0.25) is 9.89 Å². The fraction of sp³-hybridized carbons (Fsp3) is 0.0526. The minimum absolute atomic E-state index is 0.160. The monoisotopic (exact) mass is 344 g/mol. The van der Waals surface area contributed by atoms with E-state index in [-0.39, 0.29) is 5.91 Å². The van der Waals surface area contributed by atoms with Crippen LogP contribution < -0.4 is 5.32 Å². The van der Waals surface area contributed by atoms with Crippen LogP contribution in [0.15, 0.2) is 73.6 Å². The van der Waals surface area contributed by atoms with Gasteiger partial charge in [0.25, 0.3) is 5.91 Å². The number of nitrogens with zero attached hydrogens (tertiary/aromatic N) is 4. The standard InChI is InChI=1S/C19H16N6O/c26-19(16-5-1-3-14(9-16)11-25-8-7-20-13-25)23-17-6-2-4-15(10-17)18-21-12-22-24-18/h1-10,12-13H,11H2,(H,23,26)(H,21,22,24). The Kier molecular flexibility index (Phi) is 4.26. The summed E-state index contributed by atoms with van der Waals surface area (Å²) in [5.41, 5.74) is 3.19. The van der Waals surface area contributed by atoms with Crippen molar-refractivity contribution in [3.8, 4) is 11.4 Å². The molecule has 4 rings (SSSR count). The maximum atomic E-state index is 12.6. The number of imidazole rings is 1. The summed E-state index contributed by atoms with van der Waals surface area (Å²) in [4.78, 5) is 20.8. The molecule has 7 heteroatoms. The molecule has 26 heavy (non-hydrogen) atoms. The molecule has 0 fully saturated rings. The van der Waals surface area contributed by atoms with Crippen LogP contribution in [0.3, 0.4) is 0 Å². The zero-order chi connectivity index (χ0) is 17.8. The molecule has 0 radical (unpaired) electrons. The highest BCUT2D eigenvalue weighted by Gasteiger charge is 2.09. The molecule has 128 valence electrons. The summed E-state index contributed by atoms with van der Waals surface area (Å²) in [6.07, 6.45) is 6.83. The molecular weight excluding hydrogens is 328 g/mol. The normalized spacial score (nSPS) is 10.6. The second-order valence-corrected chi connectivity index (χ2v) is 5.80. The average molecular weight is 344 g/mol. The Hall–Kier alpha value is -3.74. The number of aromatic amines is 1. The largest absolute Gasteiger partial charge is 0.333 e. The van der Waals surface area contributed by atoms with E-state index in [4.69, 9.17) is 0 Å². The Labute approximate surface area is 149 Å². The van der Waals surface area contributed by atoms with Gasteiger partial charge in [-0.2, -0.15) is 5.10 Å². The van der Waals surface area contributed by atoms with E-state index in [0.29, 0.717) is 23.6 Å². The number of carbonyl (C=O) groups excluding carboxylic acids is 1. The third kappa shape index (κ3) is 3.51. The Morgan fingerprint density at radius 2 is 2.08 bits per heavy atom. The first kappa shape index (κ1) is 15.8. The molecule has 2 aromatic carbocycles. The van der Waals surface area contributed by atoms with Crippen molar-refractivity contribution in [2.45, 2.75) is 6.54 Å². The van der Waals surface area contributed by atoms with Crippen molar-refractivity contribution < 1.29 is 4.79 Å². The third-order valence-corrected chi connectivity index (χ3v) is 3.92. The van der Waals surface area contributed by atoms with Gasteiger partial charge in [-0.05, 0) is 29.8 Å². The third-order valence-electron chi connectivity index (χ3n) is 3.92. The molecule has 0 aliphatic heterocycles. The number of nitrogens with one attached hydrogen (secondary N) is 2. The first-order valence-corrected chi connectivity index (χ1v) is 8.10. The lowest BCUT2D eigenvalue weighted by Crippen LogP contribution is -2.12. The molecule has 0 bridgehead atoms.